The van der Waals surface area contributed by atoms with Crippen molar-refractivity contribution in [3.05, 3.63) is 28.2 Å². The maximum atomic E-state index is 12.9. The summed E-state index contributed by atoms with van der Waals surface area (Å²) in [6.07, 6.45) is 6.42. The largest absolute Gasteiger partial charge is 0.399 e. The van der Waals surface area contributed by atoms with E-state index in [1.54, 1.807) is 0 Å². The molecule has 1 fully saturated rings. The Labute approximate surface area is 184 Å². The molecule has 2 unspecified atom stereocenters. The lowest BCUT2D eigenvalue weighted by molar-refractivity contribution is -0.143. The summed E-state index contributed by atoms with van der Waals surface area (Å²) in [5.74, 6) is 0.280. The highest BCUT2D eigenvalue weighted by molar-refractivity contribution is 5.83. The van der Waals surface area contributed by atoms with Crippen molar-refractivity contribution in [3.63, 3.8) is 0 Å². The summed E-state index contributed by atoms with van der Waals surface area (Å²) in [7, 11) is 2.15. The average molecular weight is 428 g/mol. The van der Waals surface area contributed by atoms with Crippen molar-refractivity contribution >= 4 is 22.6 Å². The lowest BCUT2D eigenvalue weighted by Crippen LogP contribution is -2.48. The number of anilines is 1. The number of likely N-dealkylation sites (tertiary alicyclic amines) is 1. The first-order valence-corrected chi connectivity index (χ1v) is 11.7. The first-order chi connectivity index (χ1) is 14.6. The number of benzene rings is 1. The maximum absolute atomic E-state index is 12.9. The van der Waals surface area contributed by atoms with E-state index in [1.807, 2.05) is 37.5 Å². The number of amides is 1. The third kappa shape index (κ3) is 4.38. The predicted molar refractivity (Wildman–Crippen MR) is 125 cm³/mol. The van der Waals surface area contributed by atoms with Crippen molar-refractivity contribution < 1.29 is 4.79 Å². The van der Waals surface area contributed by atoms with Gasteiger partial charge in [0, 0.05) is 36.3 Å². The van der Waals surface area contributed by atoms with Crippen LogP contribution in [0.25, 0.3) is 11.0 Å². The number of nitrogens with zero attached hydrogens (tertiary/aromatic N) is 3. The van der Waals surface area contributed by atoms with Gasteiger partial charge >= 0.3 is 5.69 Å². The molecule has 1 saturated heterocycles. The molecule has 7 nitrogen and oxygen atoms in total. The molecule has 0 spiro atoms. The molecule has 1 aromatic carbocycles. The van der Waals surface area contributed by atoms with Gasteiger partial charge in [-0.05, 0) is 69.8 Å². The third-order valence-corrected chi connectivity index (χ3v) is 7.02. The van der Waals surface area contributed by atoms with Crippen molar-refractivity contribution in [2.45, 2.75) is 77.9 Å². The summed E-state index contributed by atoms with van der Waals surface area (Å²) in [5.41, 5.74) is 9.36. The fourth-order valence-corrected chi connectivity index (χ4v) is 5.33. The minimum Gasteiger partial charge on any atom is -0.399 e. The fraction of sp³-hybridized carbons (Fsp3) is 0.667. The predicted octanol–water partition coefficient (Wildman–Crippen LogP) is 2.98. The lowest BCUT2D eigenvalue weighted by Gasteiger charge is -2.40. The molecule has 170 valence electrons. The summed E-state index contributed by atoms with van der Waals surface area (Å²) >= 11 is 0. The molecule has 4 rings (SSSR count). The molecule has 2 aliphatic rings. The second-order valence-corrected chi connectivity index (χ2v) is 10.5. The molecule has 0 saturated carbocycles. The van der Waals surface area contributed by atoms with Crippen LogP contribution in [0.15, 0.2) is 16.9 Å². The van der Waals surface area contributed by atoms with Crippen LogP contribution >= 0.6 is 0 Å². The lowest BCUT2D eigenvalue weighted by atomic mass is 9.90. The van der Waals surface area contributed by atoms with E-state index < -0.39 is 0 Å². The Kier molecular flexibility index (Phi) is 5.90. The molecular formula is C24H37N5O2. The van der Waals surface area contributed by atoms with Crippen molar-refractivity contribution in [2.24, 2.45) is 5.41 Å². The Morgan fingerprint density at radius 2 is 2.06 bits per heavy atom. The number of likely N-dealkylation sites (N-methyl/N-ethyl adjacent to an activating group) is 1. The number of nitrogen functional groups attached to an aromatic ring is 1. The molecule has 2 aromatic rings. The molecule has 31 heavy (non-hydrogen) atoms. The number of carbonyl (C=O) groups is 1. The van der Waals surface area contributed by atoms with Crippen LogP contribution in [0.2, 0.25) is 0 Å². The fourth-order valence-electron chi connectivity index (χ4n) is 5.33. The molecular weight excluding hydrogens is 390 g/mol. The number of H-pyrrole nitrogens is 1. The molecule has 0 aliphatic carbocycles. The summed E-state index contributed by atoms with van der Waals surface area (Å²) < 4.78 is 1.86. The molecule has 3 N–H and O–H groups in total. The zero-order valence-electron chi connectivity index (χ0n) is 19.4. The van der Waals surface area contributed by atoms with Gasteiger partial charge in [0.05, 0.1) is 11.0 Å². The van der Waals surface area contributed by atoms with Gasteiger partial charge < -0.3 is 20.5 Å². The van der Waals surface area contributed by atoms with E-state index in [2.05, 4.69) is 21.8 Å². The van der Waals surface area contributed by atoms with Gasteiger partial charge in [0.1, 0.15) is 0 Å². The Hall–Kier alpha value is -2.28. The number of imidazole rings is 1. The minimum atomic E-state index is -0.321. The molecule has 1 amide bonds. The maximum Gasteiger partial charge on any atom is 0.326 e. The molecule has 3 heterocycles. The number of nitrogens with one attached hydrogen (secondary N) is 1. The van der Waals surface area contributed by atoms with Crippen LogP contribution in [0.3, 0.4) is 0 Å². The van der Waals surface area contributed by atoms with E-state index in [-0.39, 0.29) is 23.1 Å². The topological polar surface area (TPSA) is 87.4 Å². The van der Waals surface area contributed by atoms with E-state index in [9.17, 15) is 9.59 Å². The first kappa shape index (κ1) is 21.9. The van der Waals surface area contributed by atoms with E-state index in [0.717, 1.165) is 61.8 Å². The minimum absolute atomic E-state index is 0.0570. The highest BCUT2D eigenvalue weighted by Crippen LogP contribution is 2.29. The standard InChI is InChI=1S/C24H37N5O2/c1-24(2,3)22(30)28-11-6-5-8-18(28)9-7-10-27(4)19-13-16-12-17(25)14-20-21(16)29(15-19)23(31)26-20/h12,14,18-19H,5-11,13,15,25H2,1-4H3,(H,26,31). The van der Waals surface area contributed by atoms with E-state index in [1.165, 1.54) is 6.42 Å². The monoisotopic (exact) mass is 427 g/mol. The zero-order chi connectivity index (χ0) is 22.3. The van der Waals surface area contributed by atoms with Crippen LogP contribution in [0.5, 0.6) is 0 Å². The Morgan fingerprint density at radius 3 is 2.81 bits per heavy atom. The van der Waals surface area contributed by atoms with Crippen LogP contribution in [-0.4, -0.2) is 57.5 Å². The van der Waals surface area contributed by atoms with E-state index >= 15 is 0 Å². The Bertz CT molecular complexity index is 1020. The van der Waals surface area contributed by atoms with Gasteiger partial charge in [-0.1, -0.05) is 20.8 Å². The molecule has 0 radical (unpaired) electrons. The van der Waals surface area contributed by atoms with Gasteiger partial charge in [0.2, 0.25) is 5.91 Å². The number of aromatic nitrogens is 2. The molecule has 2 aliphatic heterocycles. The number of carbonyl (C=O) groups excluding carboxylic acids is 1. The van der Waals surface area contributed by atoms with Crippen molar-refractivity contribution in [3.8, 4) is 0 Å². The summed E-state index contributed by atoms with van der Waals surface area (Å²) in [6.45, 7) is 8.60. The second-order valence-electron chi connectivity index (χ2n) is 10.5. The number of rotatable bonds is 5. The number of hydrogen-bond acceptors (Lipinski definition) is 4. The smallest absolute Gasteiger partial charge is 0.326 e. The molecule has 7 heteroatoms. The van der Waals surface area contributed by atoms with E-state index in [4.69, 9.17) is 5.73 Å². The molecule has 1 aromatic heterocycles. The summed E-state index contributed by atoms with van der Waals surface area (Å²) in [6, 6.07) is 4.47. The highest BCUT2D eigenvalue weighted by atomic mass is 16.2. The SMILES string of the molecule is CN(CCCC1CCCCN1C(=O)C(C)(C)C)C1Cc2cc(N)cc3[nH]c(=O)n(c23)C1. The summed E-state index contributed by atoms with van der Waals surface area (Å²) in [5, 5.41) is 0. The number of piperidine rings is 1. The average Bonchev–Trinajstić information content (AvgIpc) is 3.02. The van der Waals surface area contributed by atoms with Crippen molar-refractivity contribution in [1.29, 1.82) is 0 Å². The van der Waals surface area contributed by atoms with Crippen LogP contribution < -0.4 is 11.4 Å². The molecule has 0 bridgehead atoms. The Morgan fingerprint density at radius 1 is 1.29 bits per heavy atom. The van der Waals surface area contributed by atoms with Gasteiger partial charge in [-0.2, -0.15) is 0 Å². The van der Waals surface area contributed by atoms with Gasteiger partial charge in [-0.25, -0.2) is 4.79 Å². The third-order valence-electron chi connectivity index (χ3n) is 7.02. The van der Waals surface area contributed by atoms with Gasteiger partial charge in [-0.15, -0.1) is 0 Å². The number of nitrogens with two attached hydrogens (primary N) is 1. The van der Waals surface area contributed by atoms with Gasteiger partial charge in [0.15, 0.2) is 0 Å². The van der Waals surface area contributed by atoms with Crippen molar-refractivity contribution in [1.82, 2.24) is 19.4 Å². The van der Waals surface area contributed by atoms with Crippen LogP contribution in [0.4, 0.5) is 5.69 Å². The number of hydrogen-bond donors (Lipinski definition) is 2. The quantitative estimate of drug-likeness (QED) is 0.718. The van der Waals surface area contributed by atoms with Crippen LogP contribution in [0, 0.1) is 5.41 Å². The van der Waals surface area contributed by atoms with E-state index in [0.29, 0.717) is 18.3 Å². The first-order valence-electron chi connectivity index (χ1n) is 11.7. The zero-order valence-corrected chi connectivity index (χ0v) is 19.4. The normalized spacial score (nSPS) is 21.8. The number of aromatic amines is 1. The Balaban J connectivity index is 1.38. The van der Waals surface area contributed by atoms with Crippen molar-refractivity contribution in [2.75, 3.05) is 25.9 Å². The molecule has 2 atom stereocenters. The highest BCUT2D eigenvalue weighted by Gasteiger charge is 2.33. The second kappa shape index (κ2) is 8.34. The summed E-state index contributed by atoms with van der Waals surface area (Å²) in [4.78, 5) is 32.8. The van der Waals surface area contributed by atoms with Gasteiger partial charge in [-0.3, -0.25) is 9.36 Å². The van der Waals surface area contributed by atoms with Gasteiger partial charge in [0.25, 0.3) is 0 Å². The van der Waals surface area contributed by atoms with Crippen LogP contribution in [0.1, 0.15) is 58.4 Å². The van der Waals surface area contributed by atoms with Crippen LogP contribution in [-0.2, 0) is 17.8 Å².